The fraction of sp³-hybridized carbons (Fsp3) is 0.600. The van der Waals surface area contributed by atoms with Crippen molar-refractivity contribution in [3.05, 3.63) is 35.9 Å². The molecule has 0 aliphatic heterocycles. The molecule has 1 rings (SSSR count). The summed E-state index contributed by atoms with van der Waals surface area (Å²) in [7, 11) is 0. The Hall–Kier alpha value is -0.860. The highest BCUT2D eigenvalue weighted by molar-refractivity contribution is 5.25. The van der Waals surface area contributed by atoms with Crippen LogP contribution in [0.25, 0.3) is 0 Å². The number of ether oxygens (including phenoxy) is 1. The number of hydrogen-bond donors (Lipinski definition) is 1. The molecule has 0 heterocycles. The molecule has 0 aliphatic rings. The second-order valence-corrected chi connectivity index (χ2v) is 4.50. The first kappa shape index (κ1) is 14.2. The van der Waals surface area contributed by atoms with Crippen LogP contribution in [0.4, 0.5) is 0 Å². The van der Waals surface area contributed by atoms with Crippen LogP contribution in [0, 0.1) is 0 Å². The number of nitrogens with two attached hydrogens (primary N) is 1. The molecule has 0 aromatic heterocycles. The van der Waals surface area contributed by atoms with E-state index in [1.807, 2.05) is 6.92 Å². The first-order valence-electron chi connectivity index (χ1n) is 6.62. The first-order chi connectivity index (χ1) is 8.29. The molecule has 2 heteroatoms. The summed E-state index contributed by atoms with van der Waals surface area (Å²) in [5.41, 5.74) is 7.51. The summed E-state index contributed by atoms with van der Waals surface area (Å²) in [6.07, 6.45) is 3.26. The van der Waals surface area contributed by atoms with Crippen molar-refractivity contribution in [3.8, 4) is 0 Å². The molecule has 0 amide bonds. The highest BCUT2D eigenvalue weighted by atomic mass is 16.5. The standard InChI is InChI=1S/C15H25NO/c1-3-15(13-16,11-8-12-17-4-2)14-9-6-5-7-10-14/h5-7,9-10H,3-4,8,11-13,16H2,1-2H3. The van der Waals surface area contributed by atoms with Crippen molar-refractivity contribution >= 4 is 0 Å². The minimum Gasteiger partial charge on any atom is -0.382 e. The minimum atomic E-state index is 0.123. The maximum atomic E-state index is 6.02. The van der Waals surface area contributed by atoms with Crippen LogP contribution in [0.1, 0.15) is 38.7 Å². The second kappa shape index (κ2) is 7.46. The molecule has 0 spiro atoms. The van der Waals surface area contributed by atoms with Gasteiger partial charge in [0.15, 0.2) is 0 Å². The summed E-state index contributed by atoms with van der Waals surface area (Å²) < 4.78 is 5.41. The monoisotopic (exact) mass is 235 g/mol. The molecule has 1 aromatic carbocycles. The van der Waals surface area contributed by atoms with Gasteiger partial charge in [-0.05, 0) is 31.7 Å². The van der Waals surface area contributed by atoms with E-state index in [1.165, 1.54) is 5.56 Å². The molecule has 2 nitrogen and oxygen atoms in total. The van der Waals surface area contributed by atoms with Crippen LogP contribution < -0.4 is 5.73 Å². The van der Waals surface area contributed by atoms with E-state index in [0.717, 1.165) is 32.5 Å². The zero-order valence-corrected chi connectivity index (χ0v) is 11.1. The number of benzene rings is 1. The van der Waals surface area contributed by atoms with Gasteiger partial charge in [0.05, 0.1) is 0 Å². The maximum absolute atomic E-state index is 6.02. The predicted octanol–water partition coefficient (Wildman–Crippen LogP) is 3.11. The van der Waals surface area contributed by atoms with E-state index < -0.39 is 0 Å². The zero-order chi connectivity index (χ0) is 12.6. The Labute approximate surface area is 105 Å². The molecule has 0 saturated carbocycles. The summed E-state index contributed by atoms with van der Waals surface area (Å²) in [5, 5.41) is 0. The third-order valence-electron chi connectivity index (χ3n) is 3.60. The Morgan fingerprint density at radius 3 is 2.41 bits per heavy atom. The van der Waals surface area contributed by atoms with Gasteiger partial charge in [-0.3, -0.25) is 0 Å². The predicted molar refractivity (Wildman–Crippen MR) is 73.2 cm³/mol. The lowest BCUT2D eigenvalue weighted by atomic mass is 9.74. The van der Waals surface area contributed by atoms with Gasteiger partial charge >= 0.3 is 0 Å². The largest absolute Gasteiger partial charge is 0.382 e. The van der Waals surface area contributed by atoms with Crippen molar-refractivity contribution in [2.75, 3.05) is 19.8 Å². The highest BCUT2D eigenvalue weighted by Crippen LogP contribution is 2.31. The van der Waals surface area contributed by atoms with Gasteiger partial charge < -0.3 is 10.5 Å². The van der Waals surface area contributed by atoms with Crippen LogP contribution in [0.5, 0.6) is 0 Å². The fourth-order valence-corrected chi connectivity index (χ4v) is 2.34. The smallest absolute Gasteiger partial charge is 0.0466 e. The summed E-state index contributed by atoms with van der Waals surface area (Å²) in [4.78, 5) is 0. The van der Waals surface area contributed by atoms with E-state index in [0.29, 0.717) is 6.54 Å². The van der Waals surface area contributed by atoms with Crippen molar-refractivity contribution in [1.82, 2.24) is 0 Å². The van der Waals surface area contributed by atoms with Crippen LogP contribution in [0.2, 0.25) is 0 Å². The van der Waals surface area contributed by atoms with Crippen molar-refractivity contribution in [2.24, 2.45) is 5.73 Å². The van der Waals surface area contributed by atoms with Gasteiger partial charge in [0.25, 0.3) is 0 Å². The Bertz CT molecular complexity index is 293. The maximum Gasteiger partial charge on any atom is 0.0466 e. The van der Waals surface area contributed by atoms with Gasteiger partial charge in [-0.15, -0.1) is 0 Å². The topological polar surface area (TPSA) is 35.2 Å². The molecular weight excluding hydrogens is 210 g/mol. The van der Waals surface area contributed by atoms with Gasteiger partial charge in [-0.2, -0.15) is 0 Å². The molecule has 0 radical (unpaired) electrons. The van der Waals surface area contributed by atoms with Crippen molar-refractivity contribution in [2.45, 2.75) is 38.5 Å². The molecule has 0 aliphatic carbocycles. The Balaban J connectivity index is 2.68. The van der Waals surface area contributed by atoms with Gasteiger partial charge in [0.2, 0.25) is 0 Å². The SMILES string of the molecule is CCOCCCC(CC)(CN)c1ccccc1. The Morgan fingerprint density at radius 1 is 1.18 bits per heavy atom. The van der Waals surface area contributed by atoms with E-state index in [2.05, 4.69) is 37.3 Å². The lowest BCUT2D eigenvalue weighted by Crippen LogP contribution is -2.34. The lowest BCUT2D eigenvalue weighted by molar-refractivity contribution is 0.136. The Morgan fingerprint density at radius 2 is 1.88 bits per heavy atom. The van der Waals surface area contributed by atoms with Crippen molar-refractivity contribution in [3.63, 3.8) is 0 Å². The molecule has 17 heavy (non-hydrogen) atoms. The molecule has 0 saturated heterocycles. The second-order valence-electron chi connectivity index (χ2n) is 4.50. The van der Waals surface area contributed by atoms with Gasteiger partial charge in [0, 0.05) is 25.2 Å². The summed E-state index contributed by atoms with van der Waals surface area (Å²) in [6, 6.07) is 10.6. The molecule has 1 unspecified atom stereocenters. The van der Waals surface area contributed by atoms with E-state index in [4.69, 9.17) is 10.5 Å². The third kappa shape index (κ3) is 3.83. The van der Waals surface area contributed by atoms with Crippen LogP contribution in [-0.4, -0.2) is 19.8 Å². The Kier molecular flexibility index (Phi) is 6.23. The summed E-state index contributed by atoms with van der Waals surface area (Å²) in [6.45, 7) is 6.60. The molecule has 1 aromatic rings. The molecule has 96 valence electrons. The van der Waals surface area contributed by atoms with Crippen LogP contribution in [0.3, 0.4) is 0 Å². The quantitative estimate of drug-likeness (QED) is 0.703. The normalized spacial score (nSPS) is 14.5. The lowest BCUT2D eigenvalue weighted by Gasteiger charge is -2.32. The van der Waals surface area contributed by atoms with Crippen molar-refractivity contribution in [1.29, 1.82) is 0 Å². The third-order valence-corrected chi connectivity index (χ3v) is 3.60. The number of rotatable bonds is 8. The number of hydrogen-bond acceptors (Lipinski definition) is 2. The molecule has 2 N–H and O–H groups in total. The van der Waals surface area contributed by atoms with E-state index >= 15 is 0 Å². The van der Waals surface area contributed by atoms with Crippen LogP contribution >= 0.6 is 0 Å². The van der Waals surface area contributed by atoms with Gasteiger partial charge in [-0.1, -0.05) is 37.3 Å². The van der Waals surface area contributed by atoms with E-state index in [-0.39, 0.29) is 5.41 Å². The van der Waals surface area contributed by atoms with Crippen LogP contribution in [0.15, 0.2) is 30.3 Å². The first-order valence-corrected chi connectivity index (χ1v) is 6.62. The van der Waals surface area contributed by atoms with E-state index in [9.17, 15) is 0 Å². The zero-order valence-electron chi connectivity index (χ0n) is 11.1. The van der Waals surface area contributed by atoms with Gasteiger partial charge in [0.1, 0.15) is 0 Å². The average molecular weight is 235 g/mol. The van der Waals surface area contributed by atoms with E-state index in [1.54, 1.807) is 0 Å². The highest BCUT2D eigenvalue weighted by Gasteiger charge is 2.27. The molecule has 0 bridgehead atoms. The summed E-state index contributed by atoms with van der Waals surface area (Å²) >= 11 is 0. The minimum absolute atomic E-state index is 0.123. The van der Waals surface area contributed by atoms with Gasteiger partial charge in [-0.25, -0.2) is 0 Å². The molecule has 0 fully saturated rings. The molecular formula is C15H25NO. The average Bonchev–Trinajstić information content (AvgIpc) is 2.41. The fourth-order valence-electron chi connectivity index (χ4n) is 2.34. The van der Waals surface area contributed by atoms with Crippen LogP contribution in [-0.2, 0) is 10.2 Å². The molecule has 1 atom stereocenters. The van der Waals surface area contributed by atoms with Crippen molar-refractivity contribution < 1.29 is 4.74 Å². The summed E-state index contributed by atoms with van der Waals surface area (Å²) in [5.74, 6) is 0.